The average molecular weight is 380 g/mol. The van der Waals surface area contributed by atoms with Gasteiger partial charge in [0.15, 0.2) is 0 Å². The Kier molecular flexibility index (Phi) is 4.63. The van der Waals surface area contributed by atoms with Crippen LogP contribution in [0.1, 0.15) is 12.8 Å². The number of benzene rings is 1. The minimum atomic E-state index is -3.37. The monoisotopic (exact) mass is 380 g/mol. The minimum absolute atomic E-state index is 0.0606. The van der Waals surface area contributed by atoms with Crippen molar-refractivity contribution in [2.24, 2.45) is 0 Å². The lowest BCUT2D eigenvalue weighted by atomic mass is 10.1. The van der Waals surface area contributed by atoms with Gasteiger partial charge in [0.25, 0.3) is 0 Å². The average Bonchev–Trinajstić information content (AvgIpc) is 2.32. The second-order valence-electron chi connectivity index (χ2n) is 4.65. The molecule has 1 aromatic rings. The molecular formula is C12H17IN2O2S. The van der Waals surface area contributed by atoms with Gasteiger partial charge in [-0.25, -0.2) is 13.1 Å². The smallest absolute Gasteiger partial charge is 0.240 e. The van der Waals surface area contributed by atoms with E-state index >= 15 is 0 Å². The number of piperidine rings is 1. The second-order valence-corrected chi connectivity index (χ2v) is 7.61. The van der Waals surface area contributed by atoms with E-state index in [0.717, 1.165) is 29.5 Å². The molecule has 0 atom stereocenters. The highest BCUT2D eigenvalue weighted by molar-refractivity contribution is 14.1. The number of hydrogen-bond acceptors (Lipinski definition) is 3. The predicted molar refractivity (Wildman–Crippen MR) is 80.0 cm³/mol. The third-order valence-electron chi connectivity index (χ3n) is 3.16. The Morgan fingerprint density at radius 2 is 1.78 bits per heavy atom. The normalized spacial score (nSPS) is 19.0. The van der Waals surface area contributed by atoms with Crippen LogP contribution in [0.25, 0.3) is 0 Å². The minimum Gasteiger partial charge on any atom is -0.306 e. The van der Waals surface area contributed by atoms with Crippen molar-refractivity contribution in [3.8, 4) is 0 Å². The van der Waals surface area contributed by atoms with E-state index < -0.39 is 10.0 Å². The van der Waals surface area contributed by atoms with Crippen LogP contribution in [0.15, 0.2) is 29.2 Å². The topological polar surface area (TPSA) is 49.4 Å². The number of hydrogen-bond donors (Lipinski definition) is 1. The summed E-state index contributed by atoms with van der Waals surface area (Å²) in [6.45, 7) is 1.89. The maximum atomic E-state index is 12.2. The van der Waals surface area contributed by atoms with E-state index in [-0.39, 0.29) is 6.04 Å². The maximum Gasteiger partial charge on any atom is 0.240 e. The lowest BCUT2D eigenvalue weighted by molar-refractivity contribution is 0.248. The largest absolute Gasteiger partial charge is 0.306 e. The van der Waals surface area contributed by atoms with Crippen molar-refractivity contribution >= 4 is 32.6 Å². The number of nitrogens with zero attached hydrogens (tertiary/aromatic N) is 1. The van der Waals surface area contributed by atoms with Crippen LogP contribution in [-0.4, -0.2) is 39.5 Å². The summed E-state index contributed by atoms with van der Waals surface area (Å²) in [6.07, 6.45) is 1.75. The van der Waals surface area contributed by atoms with E-state index in [4.69, 9.17) is 0 Å². The summed E-state index contributed by atoms with van der Waals surface area (Å²) >= 11 is 2.16. The maximum absolute atomic E-state index is 12.2. The van der Waals surface area contributed by atoms with Gasteiger partial charge in [-0.05, 0) is 79.8 Å². The lowest BCUT2D eigenvalue weighted by Gasteiger charge is -2.29. The Morgan fingerprint density at radius 1 is 1.22 bits per heavy atom. The molecule has 1 N–H and O–H groups in total. The van der Waals surface area contributed by atoms with Crippen LogP contribution in [0.2, 0.25) is 0 Å². The summed E-state index contributed by atoms with van der Waals surface area (Å²) in [5.41, 5.74) is 0. The molecule has 6 heteroatoms. The molecule has 0 aliphatic carbocycles. The van der Waals surface area contributed by atoms with Gasteiger partial charge in [0.05, 0.1) is 4.90 Å². The summed E-state index contributed by atoms with van der Waals surface area (Å²) in [6, 6.07) is 6.98. The summed E-state index contributed by atoms with van der Waals surface area (Å²) in [5.74, 6) is 0. The van der Waals surface area contributed by atoms with Crippen LogP contribution in [0.4, 0.5) is 0 Å². The van der Waals surface area contributed by atoms with Gasteiger partial charge in [-0.2, -0.15) is 0 Å². The number of nitrogens with one attached hydrogen (secondary N) is 1. The Morgan fingerprint density at radius 3 is 2.33 bits per heavy atom. The summed E-state index contributed by atoms with van der Waals surface area (Å²) in [4.78, 5) is 2.57. The summed E-state index contributed by atoms with van der Waals surface area (Å²) in [7, 11) is -1.31. The highest BCUT2D eigenvalue weighted by atomic mass is 127. The van der Waals surface area contributed by atoms with E-state index in [1.807, 2.05) is 12.1 Å². The Balaban J connectivity index is 2.05. The third-order valence-corrected chi connectivity index (χ3v) is 5.42. The fourth-order valence-corrected chi connectivity index (χ4v) is 3.69. The fraction of sp³-hybridized carbons (Fsp3) is 0.500. The molecule has 1 heterocycles. The fourth-order valence-electron chi connectivity index (χ4n) is 2.03. The molecule has 0 bridgehead atoms. The number of likely N-dealkylation sites (tertiary alicyclic amines) is 1. The first-order chi connectivity index (χ1) is 8.47. The zero-order chi connectivity index (χ0) is 13.2. The Labute approximate surface area is 122 Å². The van der Waals surface area contributed by atoms with E-state index in [9.17, 15) is 8.42 Å². The van der Waals surface area contributed by atoms with Crippen LogP contribution in [0.3, 0.4) is 0 Å². The third kappa shape index (κ3) is 3.66. The van der Waals surface area contributed by atoms with Crippen LogP contribution in [-0.2, 0) is 10.0 Å². The molecule has 1 aliphatic heterocycles. The molecule has 1 aliphatic rings. The molecule has 1 saturated heterocycles. The molecule has 0 amide bonds. The van der Waals surface area contributed by atoms with Crippen LogP contribution in [0, 0.1) is 3.57 Å². The quantitative estimate of drug-likeness (QED) is 0.812. The van der Waals surface area contributed by atoms with Crippen LogP contribution >= 0.6 is 22.6 Å². The Bertz CT molecular complexity index is 493. The van der Waals surface area contributed by atoms with Gasteiger partial charge in [0.2, 0.25) is 10.0 Å². The molecule has 2 rings (SSSR count). The van der Waals surface area contributed by atoms with E-state index in [1.165, 1.54) is 0 Å². The predicted octanol–water partition coefficient (Wildman–Crippen LogP) is 1.66. The molecule has 0 aromatic heterocycles. The molecule has 4 nitrogen and oxygen atoms in total. The zero-order valence-corrected chi connectivity index (χ0v) is 13.2. The molecule has 0 spiro atoms. The van der Waals surface area contributed by atoms with Crippen molar-refractivity contribution in [1.29, 1.82) is 0 Å². The first-order valence-electron chi connectivity index (χ1n) is 5.94. The first kappa shape index (κ1) is 14.2. The SMILES string of the molecule is CN1CCC(NS(=O)(=O)c2ccc(I)cc2)CC1. The van der Waals surface area contributed by atoms with Crippen molar-refractivity contribution in [1.82, 2.24) is 9.62 Å². The van der Waals surface area contributed by atoms with Crippen molar-refractivity contribution < 1.29 is 8.42 Å². The van der Waals surface area contributed by atoms with Gasteiger partial charge in [-0.15, -0.1) is 0 Å². The molecule has 0 unspecified atom stereocenters. The van der Waals surface area contributed by atoms with E-state index in [0.29, 0.717) is 4.90 Å². The van der Waals surface area contributed by atoms with Crippen LogP contribution < -0.4 is 4.72 Å². The molecule has 100 valence electrons. The molecule has 0 saturated carbocycles. The standard InChI is InChI=1S/C12H17IN2O2S/c1-15-8-6-11(7-9-15)14-18(16,17)12-4-2-10(13)3-5-12/h2-5,11,14H,6-9H2,1H3. The molecule has 1 aromatic carbocycles. The molecule has 0 radical (unpaired) electrons. The summed E-state index contributed by atoms with van der Waals surface area (Å²) < 4.78 is 28.2. The van der Waals surface area contributed by atoms with Crippen molar-refractivity contribution in [2.75, 3.05) is 20.1 Å². The van der Waals surface area contributed by atoms with Gasteiger partial charge in [0, 0.05) is 9.61 Å². The van der Waals surface area contributed by atoms with Gasteiger partial charge < -0.3 is 4.90 Å². The second kappa shape index (κ2) is 5.85. The zero-order valence-electron chi connectivity index (χ0n) is 10.3. The van der Waals surface area contributed by atoms with Crippen LogP contribution in [0.5, 0.6) is 0 Å². The van der Waals surface area contributed by atoms with Gasteiger partial charge in [-0.3, -0.25) is 0 Å². The summed E-state index contributed by atoms with van der Waals surface area (Å²) in [5, 5.41) is 0. The van der Waals surface area contributed by atoms with Gasteiger partial charge in [-0.1, -0.05) is 0 Å². The van der Waals surface area contributed by atoms with Crippen molar-refractivity contribution in [3.63, 3.8) is 0 Å². The number of sulfonamides is 1. The Hall–Kier alpha value is -0.180. The molecular weight excluding hydrogens is 363 g/mol. The highest BCUT2D eigenvalue weighted by Gasteiger charge is 2.23. The molecule has 1 fully saturated rings. The number of rotatable bonds is 3. The molecule has 18 heavy (non-hydrogen) atoms. The lowest BCUT2D eigenvalue weighted by Crippen LogP contribution is -2.43. The first-order valence-corrected chi connectivity index (χ1v) is 8.50. The highest BCUT2D eigenvalue weighted by Crippen LogP contribution is 2.15. The van der Waals surface area contributed by atoms with E-state index in [1.54, 1.807) is 12.1 Å². The van der Waals surface area contributed by atoms with Crippen molar-refractivity contribution in [3.05, 3.63) is 27.8 Å². The van der Waals surface area contributed by atoms with E-state index in [2.05, 4.69) is 39.3 Å². The number of halogens is 1. The van der Waals surface area contributed by atoms with Crippen molar-refractivity contribution in [2.45, 2.75) is 23.8 Å². The van der Waals surface area contributed by atoms with Gasteiger partial charge >= 0.3 is 0 Å². The van der Waals surface area contributed by atoms with Gasteiger partial charge in [0.1, 0.15) is 0 Å².